The van der Waals surface area contributed by atoms with E-state index < -0.39 is 54.9 Å². The third-order valence-corrected chi connectivity index (χ3v) is 21.2. The molecule has 1 amide bonds. The highest BCUT2D eigenvalue weighted by molar-refractivity contribution is 7.90. The number of pyridine rings is 1. The fourth-order valence-corrected chi connectivity index (χ4v) is 16.8. The number of carbonyl (C=O) groups excluding carboxylic acids is 1. The van der Waals surface area contributed by atoms with Gasteiger partial charge in [0.25, 0.3) is 21.6 Å². The number of H-pyrrole nitrogens is 1. The molecule has 5 fully saturated rings. The topological polar surface area (TPSA) is 214 Å². The quantitative estimate of drug-likeness (QED) is 0.0756. The van der Waals surface area contributed by atoms with Gasteiger partial charge in [-0.3, -0.25) is 19.8 Å². The number of rotatable bonds is 10. The van der Waals surface area contributed by atoms with E-state index in [0.29, 0.717) is 54.5 Å². The lowest BCUT2D eigenvalue weighted by molar-refractivity contribution is -0.384. The number of nitrogens with one attached hydrogen (secondary N) is 3. The van der Waals surface area contributed by atoms with Gasteiger partial charge in [0.05, 0.1) is 58.0 Å². The summed E-state index contributed by atoms with van der Waals surface area (Å²) in [5, 5.41) is 26.9. The lowest BCUT2D eigenvalue weighted by Crippen LogP contribution is -2.78. The summed E-state index contributed by atoms with van der Waals surface area (Å²) in [7, 11) is -4.83. The summed E-state index contributed by atoms with van der Waals surface area (Å²) >= 11 is 0. The number of piperidine rings is 1. The predicted octanol–water partition coefficient (Wildman–Crippen LogP) is 10.1. The van der Waals surface area contributed by atoms with Crippen molar-refractivity contribution in [1.82, 2.24) is 19.6 Å². The molecule has 5 aromatic rings. The van der Waals surface area contributed by atoms with Gasteiger partial charge in [-0.05, 0) is 122 Å². The lowest BCUT2D eigenvalue weighted by atomic mass is 9.33. The number of hydrogen-bond donors (Lipinski definition) is 4. The number of ether oxygens (including phenoxy) is 4. The van der Waals surface area contributed by atoms with Crippen LogP contribution in [0.4, 0.5) is 32.8 Å². The summed E-state index contributed by atoms with van der Waals surface area (Å²) in [6.07, 6.45) is 5.07. The van der Waals surface area contributed by atoms with Crippen molar-refractivity contribution in [3.63, 3.8) is 0 Å². The molecule has 0 unspecified atom stereocenters. The normalized spacial score (nSPS) is 28.3. The van der Waals surface area contributed by atoms with Crippen LogP contribution in [0.3, 0.4) is 0 Å². The van der Waals surface area contributed by atoms with Gasteiger partial charge in [0.1, 0.15) is 29.7 Å². The maximum Gasteiger partial charge on any atom is 0.297 e. The van der Waals surface area contributed by atoms with Crippen molar-refractivity contribution in [2.45, 2.75) is 152 Å². The van der Waals surface area contributed by atoms with E-state index in [9.17, 15) is 23.6 Å². The smallest absolute Gasteiger partial charge is 0.297 e. The molecule has 0 radical (unpaired) electrons. The number of carbonyl (C=O) groups is 1. The van der Waals surface area contributed by atoms with Gasteiger partial charge < -0.3 is 44.2 Å². The minimum atomic E-state index is -4.83. The number of aromatic nitrogens is 2. The largest absolute Gasteiger partial charge is 0.489 e. The molecule has 20 heteroatoms. The Bertz CT molecular complexity index is 3330. The van der Waals surface area contributed by atoms with Gasteiger partial charge in [0.2, 0.25) is 5.88 Å². The van der Waals surface area contributed by atoms with Gasteiger partial charge in [0, 0.05) is 68.3 Å². The van der Waals surface area contributed by atoms with Crippen LogP contribution in [0.5, 0.6) is 11.6 Å². The van der Waals surface area contributed by atoms with Crippen LogP contribution in [0.1, 0.15) is 133 Å². The number of anilines is 4. The van der Waals surface area contributed by atoms with Gasteiger partial charge in [0.15, 0.2) is 11.4 Å². The van der Waals surface area contributed by atoms with Crippen LogP contribution >= 0.6 is 0 Å². The van der Waals surface area contributed by atoms with Crippen molar-refractivity contribution in [3.8, 4) is 11.6 Å². The lowest BCUT2D eigenvalue weighted by Gasteiger charge is -2.77. The maximum atomic E-state index is 16.4. The highest BCUT2D eigenvalue weighted by atomic mass is 32.2. The van der Waals surface area contributed by atoms with Crippen molar-refractivity contribution < 1.29 is 46.6 Å². The summed E-state index contributed by atoms with van der Waals surface area (Å²) in [5.41, 5.74) is 1.50. The highest BCUT2D eigenvalue weighted by Gasteiger charge is 2.73. The average molecular weight is 1120 g/mol. The number of nitrogens with zero attached hydrogens (tertiary/aromatic N) is 5. The van der Waals surface area contributed by atoms with Crippen LogP contribution in [-0.2, 0) is 19.5 Å². The first-order valence-electron chi connectivity index (χ1n) is 28.6. The SMILES string of the molecule is CC(C)c1ccccc1[C@@H]1COCCCN1C1C(C)(C)C2(CCN(c3ccc(C(=O)NS(=O)(=O)c4cc5c(c([N+](=O)[O-])c4)N[C@@H](C4(F)CCC(C)(O)CC4)CO5)c(N4c5cc6cc[nH]c6nc5O[C@H]5COCC[C@@H]54)c3)CC2)C1(C)C. The van der Waals surface area contributed by atoms with Crippen LogP contribution in [-0.4, -0.2) is 127 Å². The molecule has 3 aromatic carbocycles. The Morgan fingerprint density at radius 3 is 2.38 bits per heavy atom. The Hall–Kier alpha value is -6.06. The number of halogens is 1. The molecule has 5 aliphatic heterocycles. The summed E-state index contributed by atoms with van der Waals surface area (Å²) < 4.78 is 72.5. The Balaban J connectivity index is 0.866. The zero-order valence-corrected chi connectivity index (χ0v) is 47.7. The first-order valence-corrected chi connectivity index (χ1v) is 30.0. The zero-order chi connectivity index (χ0) is 56.3. The molecule has 18 nitrogen and oxygen atoms in total. The van der Waals surface area contributed by atoms with Crippen molar-refractivity contribution in [2.24, 2.45) is 16.2 Å². The fourth-order valence-electron chi connectivity index (χ4n) is 15.8. The third-order valence-electron chi connectivity index (χ3n) is 19.9. The fraction of sp³-hybridized carbons (Fsp3) is 0.567. The Morgan fingerprint density at radius 2 is 1.64 bits per heavy atom. The Kier molecular flexibility index (Phi) is 13.5. The number of sulfonamides is 1. The molecule has 7 heterocycles. The van der Waals surface area contributed by atoms with E-state index in [1.165, 1.54) is 11.1 Å². The van der Waals surface area contributed by atoms with Gasteiger partial charge in [-0.1, -0.05) is 65.8 Å². The molecular weight excluding hydrogens is 1040 g/mol. The minimum Gasteiger partial charge on any atom is -0.489 e. The van der Waals surface area contributed by atoms with Crippen molar-refractivity contribution in [1.29, 1.82) is 0 Å². The Labute approximate surface area is 467 Å². The van der Waals surface area contributed by atoms with Gasteiger partial charge >= 0.3 is 0 Å². The summed E-state index contributed by atoms with van der Waals surface area (Å²) in [4.78, 5) is 41.6. The number of fused-ring (bicyclic) bond motifs is 4. The summed E-state index contributed by atoms with van der Waals surface area (Å²) in [5.74, 6) is -0.414. The molecule has 7 aliphatic rings. The van der Waals surface area contributed by atoms with Crippen molar-refractivity contribution in [3.05, 3.63) is 99.7 Å². The number of aromatic amines is 1. The van der Waals surface area contributed by atoms with Gasteiger partial charge in [-0.15, -0.1) is 0 Å². The van der Waals surface area contributed by atoms with Crippen molar-refractivity contribution in [2.75, 3.05) is 67.8 Å². The first-order chi connectivity index (χ1) is 38.0. The van der Waals surface area contributed by atoms with Crippen LogP contribution in [0, 0.1) is 26.4 Å². The van der Waals surface area contributed by atoms with E-state index in [1.807, 2.05) is 29.2 Å². The summed E-state index contributed by atoms with van der Waals surface area (Å²) in [6.45, 7) is 20.4. The number of benzene rings is 3. The molecule has 4 N–H and O–H groups in total. The number of nitro groups is 1. The van der Waals surface area contributed by atoms with Crippen molar-refractivity contribution >= 4 is 55.4 Å². The van der Waals surface area contributed by atoms with E-state index in [2.05, 4.69) is 90.6 Å². The van der Waals surface area contributed by atoms with Crippen LogP contribution in [0.15, 0.2) is 77.8 Å². The standard InChI is InChI=1S/C60H75FN8O10S/c1-36(2)40-11-8-9-12-41(40)47-33-76-27-10-24-67(47)55-56(3,4)60(57(55,5)6)21-25-66(26-22-60)38-13-14-42(44(30-38)68-43-16-28-77-34-49(43)79-54-46(68)29-37-15-23-62-52(37)64-54)53(70)65-80(74,75)39-31-45(69(72)73)51-48(32-39)78-35-50(63-51)59(61)19-17-58(7,71)18-20-59/h8-9,11-15,23,29-32,36,43,47,49-50,55,63,71H,10,16-22,24-28,33-35H2,1-7H3,(H,62,64)(H,65,70)/t43-,47-,49-,50+,58?,59?/m0/s1. The van der Waals surface area contributed by atoms with E-state index in [-0.39, 0.29) is 84.2 Å². The minimum absolute atomic E-state index is 0.00200. The molecule has 2 aliphatic carbocycles. The van der Waals surface area contributed by atoms with Crippen LogP contribution < -0.4 is 29.3 Å². The second kappa shape index (κ2) is 19.8. The molecule has 2 saturated carbocycles. The molecule has 0 bridgehead atoms. The molecule has 428 valence electrons. The number of nitro benzene ring substituents is 1. The number of aliphatic hydroxyl groups is 1. The first kappa shape index (κ1) is 54.5. The Morgan fingerprint density at radius 1 is 0.900 bits per heavy atom. The molecule has 4 atom stereocenters. The van der Waals surface area contributed by atoms with Crippen LogP contribution in [0.25, 0.3) is 11.0 Å². The third kappa shape index (κ3) is 8.97. The number of amides is 1. The van der Waals surface area contributed by atoms with E-state index >= 15 is 9.18 Å². The van der Waals surface area contributed by atoms with Gasteiger partial charge in [-0.2, -0.15) is 4.98 Å². The molecule has 80 heavy (non-hydrogen) atoms. The molecule has 3 saturated heterocycles. The molecule has 2 aromatic heterocycles. The van der Waals surface area contributed by atoms with E-state index in [1.54, 1.807) is 19.2 Å². The number of alkyl halides is 1. The molecule has 1 spiro atoms. The second-order valence-corrected chi connectivity index (χ2v) is 27.0. The maximum absolute atomic E-state index is 16.4. The zero-order valence-electron chi connectivity index (χ0n) is 46.8. The number of hydrogen-bond acceptors (Lipinski definition) is 15. The highest BCUT2D eigenvalue weighted by Crippen LogP contribution is 2.74. The monoisotopic (exact) mass is 1120 g/mol. The molecular formula is C60H75FN8O10S. The molecule has 12 rings (SSSR count). The van der Waals surface area contributed by atoms with Crippen LogP contribution in [0.2, 0.25) is 0 Å². The second-order valence-electron chi connectivity index (χ2n) is 25.3. The van der Waals surface area contributed by atoms with E-state index in [4.69, 9.17) is 23.9 Å². The summed E-state index contributed by atoms with van der Waals surface area (Å²) in [6, 6.07) is 19.3. The predicted molar refractivity (Wildman–Crippen MR) is 303 cm³/mol. The van der Waals surface area contributed by atoms with Gasteiger partial charge in [-0.25, -0.2) is 17.5 Å². The van der Waals surface area contributed by atoms with E-state index in [0.717, 1.165) is 68.7 Å². The average Bonchev–Trinajstić information content (AvgIpc) is 2.33.